The molecule has 1 saturated heterocycles. The van der Waals surface area contributed by atoms with Gasteiger partial charge in [-0.3, -0.25) is 4.79 Å². The monoisotopic (exact) mass is 354 g/mol. The van der Waals surface area contributed by atoms with Crippen molar-refractivity contribution in [3.05, 3.63) is 35.4 Å². The lowest BCUT2D eigenvalue weighted by atomic mass is 9.73. The van der Waals surface area contributed by atoms with Crippen LogP contribution in [0.15, 0.2) is 24.3 Å². The van der Waals surface area contributed by atoms with E-state index in [0.717, 1.165) is 24.3 Å². The Bertz CT molecular complexity index is 697. The molecule has 2 bridgehead atoms. The molecule has 3 nitrogen and oxygen atoms in total. The predicted molar refractivity (Wildman–Crippen MR) is 106 cm³/mol. The Hall–Kier alpha value is -1.35. The van der Waals surface area contributed by atoms with E-state index >= 15 is 0 Å². The molecule has 0 radical (unpaired) electrons. The van der Waals surface area contributed by atoms with Gasteiger partial charge in [-0.25, -0.2) is 0 Å². The average Bonchev–Trinajstić information content (AvgIpc) is 3.38. The molecule has 3 fully saturated rings. The van der Waals surface area contributed by atoms with Crippen LogP contribution in [0.25, 0.3) is 0 Å². The van der Waals surface area contributed by atoms with Gasteiger partial charge in [0.25, 0.3) is 0 Å². The number of hydrogen-bond acceptors (Lipinski definition) is 2. The average molecular weight is 355 g/mol. The minimum Gasteiger partial charge on any atom is -0.349 e. The minimum absolute atomic E-state index is 0. The number of nitrogens with zero attached hydrogens (tertiary/aromatic N) is 1. The van der Waals surface area contributed by atoms with Gasteiger partial charge in [0.2, 0.25) is 5.91 Å². The molecule has 3 heteroatoms. The second kappa shape index (κ2) is 6.37. The van der Waals surface area contributed by atoms with Crippen LogP contribution >= 0.6 is 0 Å². The summed E-state index contributed by atoms with van der Waals surface area (Å²) >= 11 is 0. The summed E-state index contributed by atoms with van der Waals surface area (Å²) in [6.07, 6.45) is 10.1. The second-order valence-corrected chi connectivity index (χ2v) is 9.32. The third-order valence-corrected chi connectivity index (χ3v) is 8.08. The zero-order chi connectivity index (χ0) is 17.7. The molecule has 1 aliphatic heterocycles. The highest BCUT2D eigenvalue weighted by Crippen LogP contribution is 2.53. The lowest BCUT2D eigenvalue weighted by Crippen LogP contribution is -2.48. The molecular formula is C23H34N2O. The van der Waals surface area contributed by atoms with Crippen molar-refractivity contribution in [1.82, 2.24) is 10.2 Å². The number of hydrogen-bond donors (Lipinski definition) is 1. The molecule has 1 amide bonds. The van der Waals surface area contributed by atoms with E-state index in [2.05, 4.69) is 34.5 Å². The Labute approximate surface area is 159 Å². The van der Waals surface area contributed by atoms with Crippen LogP contribution in [0, 0.1) is 11.8 Å². The molecule has 26 heavy (non-hydrogen) atoms. The quantitative estimate of drug-likeness (QED) is 0.871. The van der Waals surface area contributed by atoms with Gasteiger partial charge in [0.05, 0.1) is 6.04 Å². The largest absolute Gasteiger partial charge is 0.349 e. The molecule has 0 aromatic heterocycles. The van der Waals surface area contributed by atoms with Crippen LogP contribution in [-0.4, -0.2) is 29.9 Å². The predicted octanol–water partition coefficient (Wildman–Crippen LogP) is 4.43. The molecule has 4 aliphatic rings. The highest BCUT2D eigenvalue weighted by Gasteiger charge is 2.48. The molecule has 1 aromatic rings. The SMILES string of the molecule is CCC(=O)N[C@H]1CC2(CCN([C@@H]3C[C@@H]4CC[C@@H]3C4)CC2)c2ccccc21.[HH]. The first-order valence-electron chi connectivity index (χ1n) is 10.8. The Balaban J connectivity index is 0.00000180. The number of rotatable bonds is 3. The maximum Gasteiger partial charge on any atom is 0.220 e. The standard InChI is InChI=1S/C23H32N2O.H2/c1-2-22(26)24-20-15-23(19-6-4-3-5-18(19)20)9-11-25(12-10-23)21-14-16-7-8-17(21)13-16;/h3-6,16-17,20-21H,2,7-15H2,1H3,(H,24,26);1H/t16-,17-,20+,21-;/m1./s1. The molecule has 1 N–H and O–H groups in total. The van der Waals surface area contributed by atoms with E-state index in [1.807, 2.05) is 6.92 Å². The van der Waals surface area contributed by atoms with Gasteiger partial charge >= 0.3 is 0 Å². The summed E-state index contributed by atoms with van der Waals surface area (Å²) in [5, 5.41) is 3.29. The van der Waals surface area contributed by atoms with E-state index in [0.29, 0.717) is 6.42 Å². The summed E-state index contributed by atoms with van der Waals surface area (Å²) in [6, 6.07) is 9.99. The molecule has 4 atom stereocenters. The van der Waals surface area contributed by atoms with Crippen LogP contribution in [0.3, 0.4) is 0 Å². The topological polar surface area (TPSA) is 32.3 Å². The van der Waals surface area contributed by atoms with E-state index in [1.54, 1.807) is 0 Å². The zero-order valence-corrected chi connectivity index (χ0v) is 16.0. The summed E-state index contributed by atoms with van der Waals surface area (Å²) in [5.74, 6) is 2.20. The van der Waals surface area contributed by atoms with Crippen LogP contribution in [-0.2, 0) is 10.2 Å². The summed E-state index contributed by atoms with van der Waals surface area (Å²) in [5.41, 5.74) is 3.19. The number of fused-ring (bicyclic) bond motifs is 4. The normalized spacial score (nSPS) is 35.0. The number of benzene rings is 1. The third kappa shape index (κ3) is 2.62. The molecular weight excluding hydrogens is 320 g/mol. The van der Waals surface area contributed by atoms with E-state index < -0.39 is 0 Å². The Morgan fingerprint density at radius 3 is 2.73 bits per heavy atom. The Morgan fingerprint density at radius 1 is 1.23 bits per heavy atom. The lowest BCUT2D eigenvalue weighted by molar-refractivity contribution is -0.121. The number of carbonyl (C=O) groups is 1. The summed E-state index contributed by atoms with van der Waals surface area (Å²) in [6.45, 7) is 4.44. The third-order valence-electron chi connectivity index (χ3n) is 8.08. The van der Waals surface area contributed by atoms with E-state index in [-0.39, 0.29) is 18.8 Å². The lowest BCUT2D eigenvalue weighted by Gasteiger charge is -2.44. The van der Waals surface area contributed by atoms with Gasteiger partial charge in [0.15, 0.2) is 0 Å². The van der Waals surface area contributed by atoms with Gasteiger partial charge in [0.1, 0.15) is 0 Å². The minimum atomic E-state index is 0. The molecule has 0 unspecified atom stereocenters. The van der Waals surface area contributed by atoms with Crippen molar-refractivity contribution in [3.8, 4) is 0 Å². The maximum atomic E-state index is 12.0. The molecule has 142 valence electrons. The van der Waals surface area contributed by atoms with Gasteiger partial charge in [-0.05, 0) is 74.6 Å². The fourth-order valence-corrected chi connectivity index (χ4v) is 6.74. The van der Waals surface area contributed by atoms with Crippen molar-refractivity contribution in [2.45, 2.75) is 75.8 Å². The van der Waals surface area contributed by atoms with E-state index in [1.165, 1.54) is 62.7 Å². The molecule has 1 aromatic carbocycles. The fraction of sp³-hybridized carbons (Fsp3) is 0.696. The summed E-state index contributed by atoms with van der Waals surface area (Å²) < 4.78 is 0. The molecule has 1 spiro atoms. The zero-order valence-electron chi connectivity index (χ0n) is 16.0. The molecule has 1 heterocycles. The molecule has 2 saturated carbocycles. The number of carbonyl (C=O) groups excluding carboxylic acids is 1. The van der Waals surface area contributed by atoms with Crippen molar-refractivity contribution >= 4 is 5.91 Å². The van der Waals surface area contributed by atoms with Gasteiger partial charge in [-0.1, -0.05) is 37.6 Å². The van der Waals surface area contributed by atoms with Gasteiger partial charge in [0, 0.05) is 19.3 Å². The number of piperidine rings is 1. The van der Waals surface area contributed by atoms with Crippen LogP contribution in [0.2, 0.25) is 0 Å². The van der Waals surface area contributed by atoms with Crippen molar-refractivity contribution in [1.29, 1.82) is 0 Å². The highest BCUT2D eigenvalue weighted by atomic mass is 16.1. The van der Waals surface area contributed by atoms with Gasteiger partial charge < -0.3 is 10.2 Å². The number of nitrogens with one attached hydrogen (secondary N) is 1. The van der Waals surface area contributed by atoms with Gasteiger partial charge in [-0.2, -0.15) is 0 Å². The first kappa shape index (κ1) is 16.8. The van der Waals surface area contributed by atoms with Crippen LogP contribution in [0.5, 0.6) is 0 Å². The van der Waals surface area contributed by atoms with Crippen molar-refractivity contribution in [3.63, 3.8) is 0 Å². The van der Waals surface area contributed by atoms with E-state index in [4.69, 9.17) is 0 Å². The summed E-state index contributed by atoms with van der Waals surface area (Å²) in [4.78, 5) is 14.9. The van der Waals surface area contributed by atoms with Crippen LogP contribution in [0.4, 0.5) is 0 Å². The molecule has 3 aliphatic carbocycles. The smallest absolute Gasteiger partial charge is 0.220 e. The highest BCUT2D eigenvalue weighted by molar-refractivity contribution is 5.76. The Kier molecular flexibility index (Phi) is 4.11. The maximum absolute atomic E-state index is 12.0. The van der Waals surface area contributed by atoms with Crippen LogP contribution in [0.1, 0.15) is 76.9 Å². The Morgan fingerprint density at radius 2 is 2.04 bits per heavy atom. The molecule has 5 rings (SSSR count). The van der Waals surface area contributed by atoms with Crippen molar-refractivity contribution < 1.29 is 6.22 Å². The van der Waals surface area contributed by atoms with Crippen molar-refractivity contribution in [2.75, 3.05) is 13.1 Å². The fourth-order valence-electron chi connectivity index (χ4n) is 6.74. The van der Waals surface area contributed by atoms with Gasteiger partial charge in [-0.15, -0.1) is 0 Å². The first-order valence-corrected chi connectivity index (χ1v) is 10.8. The second-order valence-electron chi connectivity index (χ2n) is 9.32. The van der Waals surface area contributed by atoms with Crippen molar-refractivity contribution in [2.24, 2.45) is 11.8 Å². The summed E-state index contributed by atoms with van der Waals surface area (Å²) in [7, 11) is 0. The number of likely N-dealkylation sites (tertiary alicyclic amines) is 1. The van der Waals surface area contributed by atoms with E-state index in [9.17, 15) is 4.79 Å². The first-order chi connectivity index (χ1) is 12.7. The number of amides is 1. The van der Waals surface area contributed by atoms with Crippen LogP contribution < -0.4 is 5.32 Å².